The van der Waals surface area contributed by atoms with Gasteiger partial charge in [-0.1, -0.05) is 38.1 Å². The molecule has 3 N–H and O–H groups in total. The van der Waals surface area contributed by atoms with Gasteiger partial charge >= 0.3 is 0 Å². The summed E-state index contributed by atoms with van der Waals surface area (Å²) in [6, 6.07) is 18.2. The molecule has 0 saturated heterocycles. The van der Waals surface area contributed by atoms with Crippen molar-refractivity contribution in [2.75, 3.05) is 5.32 Å². The van der Waals surface area contributed by atoms with Gasteiger partial charge in [-0.3, -0.25) is 10.1 Å². The minimum Gasteiger partial charge on any atom is -0.507 e. The standard InChI is InChI=1S/C25H23N3O3S/c1-14(2)16-8-10-17(11-9-16)23(30)28-25(32)26-18-12-15(3)22(29)19(13-18)24-27-20-6-4-5-7-21(20)31-24/h4-14,29H,1-3H3,(H2,26,28,30,32). The average molecular weight is 446 g/mol. The molecule has 32 heavy (non-hydrogen) atoms. The van der Waals surface area contributed by atoms with Crippen LogP contribution in [0, 0.1) is 6.92 Å². The molecule has 0 aliphatic rings. The lowest BCUT2D eigenvalue weighted by Crippen LogP contribution is -2.34. The highest BCUT2D eigenvalue weighted by Crippen LogP contribution is 2.36. The molecule has 6 nitrogen and oxygen atoms in total. The summed E-state index contributed by atoms with van der Waals surface area (Å²) < 4.78 is 5.80. The highest BCUT2D eigenvalue weighted by molar-refractivity contribution is 7.80. The molecular weight excluding hydrogens is 422 g/mol. The second kappa shape index (κ2) is 8.80. The van der Waals surface area contributed by atoms with E-state index in [4.69, 9.17) is 16.6 Å². The number of fused-ring (bicyclic) bond motifs is 1. The molecule has 0 radical (unpaired) electrons. The van der Waals surface area contributed by atoms with E-state index in [0.717, 1.165) is 5.56 Å². The zero-order valence-corrected chi connectivity index (χ0v) is 18.8. The Hall–Kier alpha value is -3.71. The Balaban J connectivity index is 1.52. The van der Waals surface area contributed by atoms with Crippen LogP contribution in [-0.2, 0) is 0 Å². The summed E-state index contributed by atoms with van der Waals surface area (Å²) in [6.07, 6.45) is 0. The number of carbonyl (C=O) groups is 1. The average Bonchev–Trinajstić information content (AvgIpc) is 3.20. The Kier molecular flexibility index (Phi) is 5.92. The largest absolute Gasteiger partial charge is 0.507 e. The van der Waals surface area contributed by atoms with E-state index in [2.05, 4.69) is 29.5 Å². The fraction of sp³-hybridized carbons (Fsp3) is 0.160. The number of oxazole rings is 1. The number of benzene rings is 3. The Morgan fingerprint density at radius 2 is 1.81 bits per heavy atom. The lowest BCUT2D eigenvalue weighted by atomic mass is 10.0. The van der Waals surface area contributed by atoms with E-state index in [1.165, 1.54) is 0 Å². The predicted octanol–water partition coefficient (Wildman–Crippen LogP) is 5.76. The number of para-hydroxylation sites is 2. The Bertz CT molecular complexity index is 1280. The molecule has 1 aromatic heterocycles. The molecule has 0 fully saturated rings. The number of aromatic nitrogens is 1. The number of amides is 1. The quantitative estimate of drug-likeness (QED) is 0.273. The van der Waals surface area contributed by atoms with Crippen molar-refractivity contribution in [1.29, 1.82) is 0 Å². The van der Waals surface area contributed by atoms with Crippen LogP contribution in [0.3, 0.4) is 0 Å². The number of carbonyl (C=O) groups excluding carboxylic acids is 1. The van der Waals surface area contributed by atoms with Crippen LogP contribution in [0.4, 0.5) is 5.69 Å². The van der Waals surface area contributed by atoms with Crippen LogP contribution in [-0.4, -0.2) is 21.1 Å². The lowest BCUT2D eigenvalue weighted by molar-refractivity contribution is 0.0977. The first kappa shape index (κ1) is 21.5. The molecule has 0 saturated carbocycles. The number of anilines is 1. The van der Waals surface area contributed by atoms with Gasteiger partial charge in [0.25, 0.3) is 5.91 Å². The Labute approximate surface area is 191 Å². The van der Waals surface area contributed by atoms with Gasteiger partial charge in [-0.15, -0.1) is 0 Å². The summed E-state index contributed by atoms with van der Waals surface area (Å²) in [5, 5.41) is 16.4. The van der Waals surface area contributed by atoms with E-state index in [1.807, 2.05) is 36.4 Å². The number of aryl methyl sites for hydroxylation is 1. The molecule has 162 valence electrons. The third-order valence-corrected chi connectivity index (χ3v) is 5.35. The first-order valence-corrected chi connectivity index (χ1v) is 10.6. The maximum absolute atomic E-state index is 12.5. The molecule has 0 aliphatic carbocycles. The van der Waals surface area contributed by atoms with Crippen molar-refractivity contribution in [1.82, 2.24) is 10.3 Å². The summed E-state index contributed by atoms with van der Waals surface area (Å²) in [5.41, 5.74) is 4.65. The highest BCUT2D eigenvalue weighted by atomic mass is 32.1. The highest BCUT2D eigenvalue weighted by Gasteiger charge is 2.16. The lowest BCUT2D eigenvalue weighted by Gasteiger charge is -2.13. The normalized spacial score (nSPS) is 11.0. The van der Waals surface area contributed by atoms with E-state index in [9.17, 15) is 9.90 Å². The number of phenolic OH excluding ortho intramolecular Hbond substituents is 1. The van der Waals surface area contributed by atoms with Crippen molar-refractivity contribution in [3.63, 3.8) is 0 Å². The summed E-state index contributed by atoms with van der Waals surface area (Å²) >= 11 is 5.32. The third kappa shape index (κ3) is 4.48. The number of phenols is 1. The molecule has 7 heteroatoms. The van der Waals surface area contributed by atoms with Gasteiger partial charge in [-0.05, 0) is 72.6 Å². The van der Waals surface area contributed by atoms with Gasteiger partial charge in [0.2, 0.25) is 5.89 Å². The number of thiocarbonyl (C=S) groups is 1. The van der Waals surface area contributed by atoms with Crippen molar-refractivity contribution in [3.8, 4) is 17.2 Å². The molecule has 0 bridgehead atoms. The minimum atomic E-state index is -0.299. The van der Waals surface area contributed by atoms with Crippen LogP contribution in [0.1, 0.15) is 41.3 Å². The van der Waals surface area contributed by atoms with Crippen molar-refractivity contribution in [3.05, 3.63) is 77.4 Å². The number of hydrogen-bond acceptors (Lipinski definition) is 5. The summed E-state index contributed by atoms with van der Waals surface area (Å²) in [5.74, 6) is 0.466. The van der Waals surface area contributed by atoms with Crippen LogP contribution in [0.5, 0.6) is 5.75 Å². The van der Waals surface area contributed by atoms with Gasteiger partial charge in [-0.2, -0.15) is 0 Å². The van der Waals surface area contributed by atoms with Crippen molar-refractivity contribution in [2.24, 2.45) is 0 Å². The molecule has 1 amide bonds. The molecule has 0 atom stereocenters. The second-order valence-electron chi connectivity index (χ2n) is 7.86. The zero-order chi connectivity index (χ0) is 22.8. The number of aromatic hydroxyl groups is 1. The predicted molar refractivity (Wildman–Crippen MR) is 130 cm³/mol. The van der Waals surface area contributed by atoms with Crippen LogP contribution < -0.4 is 10.6 Å². The minimum absolute atomic E-state index is 0.0716. The SMILES string of the molecule is Cc1cc(NC(=S)NC(=O)c2ccc(C(C)C)cc2)cc(-c2nc3ccccc3o2)c1O. The molecule has 4 rings (SSSR count). The fourth-order valence-corrected chi connectivity index (χ4v) is 3.57. The molecule has 0 aliphatic heterocycles. The van der Waals surface area contributed by atoms with E-state index in [0.29, 0.717) is 45.3 Å². The van der Waals surface area contributed by atoms with Gasteiger partial charge < -0.3 is 14.8 Å². The number of nitrogens with zero attached hydrogens (tertiary/aromatic N) is 1. The Morgan fingerprint density at radius 1 is 1.09 bits per heavy atom. The second-order valence-corrected chi connectivity index (χ2v) is 8.27. The van der Waals surface area contributed by atoms with E-state index in [1.54, 1.807) is 31.2 Å². The van der Waals surface area contributed by atoms with Crippen molar-refractivity contribution < 1.29 is 14.3 Å². The first-order chi connectivity index (χ1) is 15.3. The number of hydrogen-bond donors (Lipinski definition) is 3. The van der Waals surface area contributed by atoms with Gasteiger partial charge in [0, 0.05) is 11.3 Å². The van der Waals surface area contributed by atoms with Crippen LogP contribution in [0.2, 0.25) is 0 Å². The van der Waals surface area contributed by atoms with Crippen LogP contribution >= 0.6 is 12.2 Å². The molecule has 0 unspecified atom stereocenters. The summed E-state index contributed by atoms with van der Waals surface area (Å²) in [7, 11) is 0. The van der Waals surface area contributed by atoms with Crippen molar-refractivity contribution in [2.45, 2.75) is 26.7 Å². The van der Waals surface area contributed by atoms with Gasteiger partial charge in [0.1, 0.15) is 11.3 Å². The molecule has 0 spiro atoms. The van der Waals surface area contributed by atoms with Gasteiger partial charge in [-0.25, -0.2) is 4.98 Å². The summed E-state index contributed by atoms with van der Waals surface area (Å²) in [6.45, 7) is 5.97. The van der Waals surface area contributed by atoms with Crippen LogP contribution in [0.25, 0.3) is 22.6 Å². The fourth-order valence-electron chi connectivity index (χ4n) is 3.36. The number of rotatable bonds is 4. The smallest absolute Gasteiger partial charge is 0.257 e. The molecular formula is C25H23N3O3S. The first-order valence-electron chi connectivity index (χ1n) is 10.2. The van der Waals surface area contributed by atoms with Gasteiger partial charge in [0.05, 0.1) is 5.56 Å². The zero-order valence-electron chi connectivity index (χ0n) is 18.0. The molecule has 1 heterocycles. The molecule has 4 aromatic rings. The monoisotopic (exact) mass is 445 g/mol. The van der Waals surface area contributed by atoms with E-state index < -0.39 is 0 Å². The van der Waals surface area contributed by atoms with Crippen LogP contribution in [0.15, 0.2) is 65.1 Å². The van der Waals surface area contributed by atoms with E-state index in [-0.39, 0.29) is 16.8 Å². The summed E-state index contributed by atoms with van der Waals surface area (Å²) in [4.78, 5) is 17.0. The van der Waals surface area contributed by atoms with E-state index >= 15 is 0 Å². The Morgan fingerprint density at radius 3 is 2.50 bits per heavy atom. The maximum atomic E-state index is 12.5. The molecule has 3 aromatic carbocycles. The topological polar surface area (TPSA) is 87.4 Å². The number of nitrogens with one attached hydrogen (secondary N) is 2. The third-order valence-electron chi connectivity index (χ3n) is 5.15. The van der Waals surface area contributed by atoms with Crippen molar-refractivity contribution >= 4 is 40.0 Å². The maximum Gasteiger partial charge on any atom is 0.257 e. The van der Waals surface area contributed by atoms with Gasteiger partial charge in [0.15, 0.2) is 10.7 Å².